The van der Waals surface area contributed by atoms with Gasteiger partial charge in [-0.2, -0.15) is 0 Å². The Morgan fingerprint density at radius 3 is 3.20 bits per heavy atom. The molecule has 0 unspecified atom stereocenters. The van der Waals surface area contributed by atoms with Crippen LogP contribution in [0.1, 0.15) is 16.0 Å². The Morgan fingerprint density at radius 2 is 2.40 bits per heavy atom. The van der Waals surface area contributed by atoms with Crippen molar-refractivity contribution in [3.63, 3.8) is 0 Å². The normalized spacial score (nSPS) is 13.8. The lowest BCUT2D eigenvalue weighted by Gasteiger charge is -2.19. The van der Waals surface area contributed by atoms with Crippen LogP contribution in [-0.2, 0) is 24.2 Å². The van der Waals surface area contributed by atoms with Gasteiger partial charge >= 0.3 is 0 Å². The van der Waals surface area contributed by atoms with Gasteiger partial charge in [0, 0.05) is 17.6 Å². The number of benzene rings is 1. The van der Waals surface area contributed by atoms with Crippen LogP contribution in [0.2, 0.25) is 0 Å². The third-order valence-corrected chi connectivity index (χ3v) is 4.08. The van der Waals surface area contributed by atoms with Crippen LogP contribution in [0.15, 0.2) is 23.8 Å². The molecule has 4 nitrogen and oxygen atoms in total. The van der Waals surface area contributed by atoms with Crippen LogP contribution in [0.25, 0.3) is 0 Å². The van der Waals surface area contributed by atoms with Crippen LogP contribution in [-0.4, -0.2) is 17.4 Å². The van der Waals surface area contributed by atoms with E-state index < -0.39 is 0 Å². The second-order valence-corrected chi connectivity index (χ2v) is 5.66. The van der Waals surface area contributed by atoms with E-state index in [1.54, 1.807) is 17.8 Å². The average molecular weight is 291 g/mol. The molecule has 0 aliphatic carbocycles. The maximum atomic E-state index is 14.3. The summed E-state index contributed by atoms with van der Waals surface area (Å²) in [5, 5.41) is 5.84. The Bertz CT molecular complexity index is 628. The molecule has 0 saturated heterocycles. The predicted molar refractivity (Wildman–Crippen MR) is 76.3 cm³/mol. The minimum Gasteiger partial charge on any atom is -0.323 e. The zero-order valence-corrected chi connectivity index (χ0v) is 11.6. The Hall–Kier alpha value is -1.79. The van der Waals surface area contributed by atoms with E-state index in [-0.39, 0.29) is 23.8 Å². The third-order valence-electron chi connectivity index (χ3n) is 3.30. The van der Waals surface area contributed by atoms with E-state index in [1.165, 1.54) is 11.3 Å². The molecular weight excluding hydrogens is 277 g/mol. The molecule has 0 radical (unpaired) electrons. The molecule has 0 atom stereocenters. The molecule has 2 N–H and O–H groups in total. The third kappa shape index (κ3) is 2.71. The van der Waals surface area contributed by atoms with Crippen LogP contribution in [0.5, 0.6) is 0 Å². The molecule has 0 bridgehead atoms. The van der Waals surface area contributed by atoms with Gasteiger partial charge in [0.25, 0.3) is 0 Å². The van der Waals surface area contributed by atoms with Crippen molar-refractivity contribution >= 4 is 22.9 Å². The van der Waals surface area contributed by atoms with Gasteiger partial charge in [-0.05, 0) is 30.2 Å². The molecule has 1 amide bonds. The quantitative estimate of drug-likeness (QED) is 0.910. The zero-order chi connectivity index (χ0) is 13.9. The van der Waals surface area contributed by atoms with Gasteiger partial charge in [-0.25, -0.2) is 4.39 Å². The number of anilines is 1. The maximum Gasteiger partial charge on any atom is 0.229 e. The van der Waals surface area contributed by atoms with E-state index >= 15 is 0 Å². The van der Waals surface area contributed by atoms with Crippen molar-refractivity contribution in [1.29, 1.82) is 0 Å². The molecule has 20 heavy (non-hydrogen) atoms. The van der Waals surface area contributed by atoms with Gasteiger partial charge in [0.15, 0.2) is 0 Å². The lowest BCUT2D eigenvalue weighted by molar-refractivity contribution is -0.115. The number of thiazole rings is 1. The summed E-state index contributed by atoms with van der Waals surface area (Å²) in [7, 11) is 0. The van der Waals surface area contributed by atoms with Gasteiger partial charge in [-0.3, -0.25) is 9.78 Å². The van der Waals surface area contributed by atoms with Crippen molar-refractivity contribution in [2.45, 2.75) is 19.4 Å². The van der Waals surface area contributed by atoms with Crippen molar-refractivity contribution in [2.24, 2.45) is 0 Å². The molecule has 0 fully saturated rings. The number of fused-ring (bicyclic) bond motifs is 1. The number of amides is 1. The topological polar surface area (TPSA) is 54.0 Å². The Morgan fingerprint density at radius 1 is 1.50 bits per heavy atom. The molecule has 1 aromatic heterocycles. The zero-order valence-electron chi connectivity index (χ0n) is 10.8. The lowest BCUT2D eigenvalue weighted by Crippen LogP contribution is -2.25. The van der Waals surface area contributed by atoms with Crippen LogP contribution >= 0.6 is 11.3 Å². The highest BCUT2D eigenvalue weighted by Crippen LogP contribution is 2.24. The monoisotopic (exact) mass is 291 g/mol. The Kier molecular flexibility index (Phi) is 3.75. The van der Waals surface area contributed by atoms with E-state index in [2.05, 4.69) is 15.6 Å². The molecule has 0 spiro atoms. The van der Waals surface area contributed by atoms with Crippen LogP contribution < -0.4 is 10.6 Å². The molecule has 1 aromatic carbocycles. The number of rotatable bonds is 3. The summed E-state index contributed by atoms with van der Waals surface area (Å²) in [6, 6.07) is 3.50. The summed E-state index contributed by atoms with van der Waals surface area (Å²) in [4.78, 5) is 16.7. The molecular formula is C14H14FN3OS. The van der Waals surface area contributed by atoms with Crippen LogP contribution in [0.3, 0.4) is 0 Å². The summed E-state index contributed by atoms with van der Waals surface area (Å²) in [6.07, 6.45) is 2.53. The predicted octanol–water partition coefficient (Wildman–Crippen LogP) is 2.11. The Labute approximate surface area is 120 Å². The van der Waals surface area contributed by atoms with Gasteiger partial charge in [-0.1, -0.05) is 6.07 Å². The SMILES string of the molecule is O=C(Cc1cncs1)Nc1ccc2c(c1F)CCNC2. The number of hydrogen-bond acceptors (Lipinski definition) is 4. The number of nitrogens with zero attached hydrogens (tertiary/aromatic N) is 1. The second-order valence-electron chi connectivity index (χ2n) is 4.68. The molecule has 2 heterocycles. The first-order chi connectivity index (χ1) is 9.74. The standard InChI is InChI=1S/C14H14FN3OS/c15-14-11-3-4-16-6-9(11)1-2-12(14)18-13(19)5-10-7-17-8-20-10/h1-2,7-8,16H,3-6H2,(H,18,19). The molecule has 1 aliphatic heterocycles. The van der Waals surface area contributed by atoms with Crippen molar-refractivity contribution in [3.8, 4) is 0 Å². The molecule has 6 heteroatoms. The second kappa shape index (κ2) is 5.68. The van der Waals surface area contributed by atoms with Crippen molar-refractivity contribution in [3.05, 3.63) is 45.7 Å². The highest BCUT2D eigenvalue weighted by molar-refractivity contribution is 7.09. The van der Waals surface area contributed by atoms with E-state index in [1.807, 2.05) is 6.07 Å². The van der Waals surface area contributed by atoms with E-state index in [4.69, 9.17) is 0 Å². The first-order valence-electron chi connectivity index (χ1n) is 6.42. The first kappa shape index (κ1) is 13.2. The number of aromatic nitrogens is 1. The Balaban J connectivity index is 1.76. The smallest absolute Gasteiger partial charge is 0.229 e. The number of hydrogen-bond donors (Lipinski definition) is 2. The fourth-order valence-corrected chi connectivity index (χ4v) is 2.91. The molecule has 104 valence electrons. The number of nitrogens with one attached hydrogen (secondary N) is 2. The number of halogens is 1. The van der Waals surface area contributed by atoms with E-state index in [0.29, 0.717) is 18.5 Å². The maximum absolute atomic E-state index is 14.3. The van der Waals surface area contributed by atoms with Gasteiger partial charge in [0.1, 0.15) is 5.82 Å². The molecule has 3 rings (SSSR count). The average Bonchev–Trinajstić information content (AvgIpc) is 2.95. The lowest BCUT2D eigenvalue weighted by atomic mass is 9.99. The fourth-order valence-electron chi connectivity index (χ4n) is 2.31. The first-order valence-corrected chi connectivity index (χ1v) is 7.30. The van der Waals surface area contributed by atoms with E-state index in [0.717, 1.165) is 17.0 Å². The van der Waals surface area contributed by atoms with E-state index in [9.17, 15) is 9.18 Å². The largest absolute Gasteiger partial charge is 0.323 e. The van der Waals surface area contributed by atoms with Gasteiger partial charge < -0.3 is 10.6 Å². The highest BCUT2D eigenvalue weighted by atomic mass is 32.1. The molecule has 0 saturated carbocycles. The van der Waals surface area contributed by atoms with Crippen LogP contribution in [0.4, 0.5) is 10.1 Å². The molecule has 2 aromatic rings. The minimum absolute atomic E-state index is 0.220. The van der Waals surface area contributed by atoms with Crippen LogP contribution in [0, 0.1) is 5.82 Å². The number of carbonyl (C=O) groups is 1. The van der Waals surface area contributed by atoms with Crippen molar-refractivity contribution < 1.29 is 9.18 Å². The molecule has 1 aliphatic rings. The summed E-state index contributed by atoms with van der Waals surface area (Å²) in [6.45, 7) is 1.45. The fraction of sp³-hybridized carbons (Fsp3) is 0.286. The summed E-state index contributed by atoms with van der Waals surface area (Å²) in [5.41, 5.74) is 3.61. The van der Waals surface area contributed by atoms with Gasteiger partial charge in [-0.15, -0.1) is 11.3 Å². The highest BCUT2D eigenvalue weighted by Gasteiger charge is 2.17. The summed E-state index contributed by atoms with van der Waals surface area (Å²) >= 11 is 1.41. The summed E-state index contributed by atoms with van der Waals surface area (Å²) in [5.74, 6) is -0.524. The minimum atomic E-state index is -0.304. The summed E-state index contributed by atoms with van der Waals surface area (Å²) < 4.78 is 14.3. The van der Waals surface area contributed by atoms with Crippen molar-refractivity contribution in [2.75, 3.05) is 11.9 Å². The van der Waals surface area contributed by atoms with Crippen molar-refractivity contribution in [1.82, 2.24) is 10.3 Å². The number of carbonyl (C=O) groups excluding carboxylic acids is 1. The van der Waals surface area contributed by atoms with Gasteiger partial charge in [0.05, 0.1) is 17.6 Å². The van der Waals surface area contributed by atoms with Gasteiger partial charge in [0.2, 0.25) is 5.91 Å².